The molecule has 0 saturated carbocycles. The van der Waals surface area contributed by atoms with E-state index in [1.54, 1.807) is 19.1 Å². The molecule has 1 aromatic rings. The fraction of sp³-hybridized carbons (Fsp3) is 0.316. The molecule has 0 fully saturated rings. The SMILES string of the molecule is C/C=C/C(C)=C/[C@H](C)[C@H](/C=C/C)OC(=O)c1cc([N+](=O)[O-])cc([N+](=O)[O-])c1. The number of benzene rings is 1. The molecule has 8 heteroatoms. The molecule has 0 bridgehead atoms. The van der Waals surface area contributed by atoms with Crippen LogP contribution < -0.4 is 0 Å². The molecule has 0 heterocycles. The molecule has 0 N–H and O–H groups in total. The van der Waals surface area contributed by atoms with Gasteiger partial charge in [0.05, 0.1) is 21.5 Å². The van der Waals surface area contributed by atoms with Gasteiger partial charge < -0.3 is 4.74 Å². The predicted octanol–water partition coefficient (Wildman–Crippen LogP) is 4.76. The molecule has 0 aliphatic rings. The van der Waals surface area contributed by atoms with Crippen LogP contribution in [0.5, 0.6) is 0 Å². The maximum absolute atomic E-state index is 12.5. The first kappa shape index (κ1) is 21.8. The second kappa shape index (κ2) is 10.0. The summed E-state index contributed by atoms with van der Waals surface area (Å²) in [6.07, 6.45) is 8.51. The van der Waals surface area contributed by atoms with E-state index in [9.17, 15) is 25.0 Å². The number of hydrogen-bond donors (Lipinski definition) is 0. The molecule has 27 heavy (non-hydrogen) atoms. The van der Waals surface area contributed by atoms with E-state index < -0.39 is 33.3 Å². The second-order valence-electron chi connectivity index (χ2n) is 5.92. The van der Waals surface area contributed by atoms with Gasteiger partial charge in [-0.3, -0.25) is 20.2 Å². The standard InChI is InChI=1S/C19H22N2O6/c1-5-7-13(3)9-14(4)18(8-6-2)27-19(22)15-10-16(20(23)24)12-17(11-15)21(25)26/h5-12,14,18H,1-4H3/b7-5+,8-6+,13-9+/t14-,18-/m0/s1. The van der Waals surface area contributed by atoms with Crippen molar-refractivity contribution in [2.75, 3.05) is 0 Å². The van der Waals surface area contributed by atoms with Gasteiger partial charge in [0.1, 0.15) is 6.10 Å². The Morgan fingerprint density at radius 1 is 1.07 bits per heavy atom. The fourth-order valence-electron chi connectivity index (χ4n) is 2.45. The minimum Gasteiger partial charge on any atom is -0.454 e. The van der Waals surface area contributed by atoms with Gasteiger partial charge >= 0.3 is 5.97 Å². The van der Waals surface area contributed by atoms with Gasteiger partial charge in [0, 0.05) is 18.1 Å². The van der Waals surface area contributed by atoms with Crippen molar-refractivity contribution in [2.24, 2.45) is 5.92 Å². The molecule has 144 valence electrons. The third kappa shape index (κ3) is 6.50. The summed E-state index contributed by atoms with van der Waals surface area (Å²) in [4.78, 5) is 32.8. The van der Waals surface area contributed by atoms with Gasteiger partial charge in [0.25, 0.3) is 11.4 Å². The molecule has 0 aliphatic carbocycles. The number of nitro groups is 2. The van der Waals surface area contributed by atoms with Crippen molar-refractivity contribution in [2.45, 2.75) is 33.8 Å². The van der Waals surface area contributed by atoms with Gasteiger partial charge in [-0.2, -0.15) is 0 Å². The lowest BCUT2D eigenvalue weighted by Crippen LogP contribution is -2.22. The number of hydrogen-bond acceptors (Lipinski definition) is 6. The van der Waals surface area contributed by atoms with Crippen molar-refractivity contribution in [3.8, 4) is 0 Å². The van der Waals surface area contributed by atoms with Crippen molar-refractivity contribution in [1.29, 1.82) is 0 Å². The summed E-state index contributed by atoms with van der Waals surface area (Å²) in [5, 5.41) is 21.9. The Morgan fingerprint density at radius 2 is 1.63 bits per heavy atom. The summed E-state index contributed by atoms with van der Waals surface area (Å²) in [5.74, 6) is -1.04. The van der Waals surface area contributed by atoms with Gasteiger partial charge in [-0.25, -0.2) is 4.79 Å². The van der Waals surface area contributed by atoms with Crippen LogP contribution in [0.4, 0.5) is 11.4 Å². The van der Waals surface area contributed by atoms with E-state index in [4.69, 9.17) is 4.74 Å². The first-order valence-corrected chi connectivity index (χ1v) is 8.28. The largest absolute Gasteiger partial charge is 0.454 e. The lowest BCUT2D eigenvalue weighted by atomic mass is 10.0. The topological polar surface area (TPSA) is 113 Å². The summed E-state index contributed by atoms with van der Waals surface area (Å²) < 4.78 is 5.45. The molecular formula is C19H22N2O6. The van der Waals surface area contributed by atoms with Crippen molar-refractivity contribution in [3.63, 3.8) is 0 Å². The van der Waals surface area contributed by atoms with Crippen LogP contribution in [0.25, 0.3) is 0 Å². The highest BCUT2D eigenvalue weighted by molar-refractivity contribution is 5.91. The fourth-order valence-corrected chi connectivity index (χ4v) is 2.45. The van der Waals surface area contributed by atoms with Crippen LogP contribution in [0.1, 0.15) is 38.1 Å². The maximum atomic E-state index is 12.5. The monoisotopic (exact) mass is 374 g/mol. The molecule has 0 unspecified atom stereocenters. The van der Waals surface area contributed by atoms with Crippen LogP contribution in [0, 0.1) is 26.1 Å². The van der Waals surface area contributed by atoms with E-state index in [0.29, 0.717) is 0 Å². The van der Waals surface area contributed by atoms with Crippen LogP contribution in [-0.4, -0.2) is 21.9 Å². The number of allylic oxidation sites excluding steroid dienone is 4. The number of carbonyl (C=O) groups excluding carboxylic acids is 1. The van der Waals surface area contributed by atoms with Crippen LogP contribution in [0.3, 0.4) is 0 Å². The maximum Gasteiger partial charge on any atom is 0.339 e. The summed E-state index contributed by atoms with van der Waals surface area (Å²) in [5.41, 5.74) is -0.348. The Kier molecular flexibility index (Phi) is 8.06. The van der Waals surface area contributed by atoms with E-state index in [-0.39, 0.29) is 11.5 Å². The van der Waals surface area contributed by atoms with E-state index in [1.807, 2.05) is 39.0 Å². The molecular weight excluding hydrogens is 352 g/mol. The molecule has 8 nitrogen and oxygen atoms in total. The summed E-state index contributed by atoms with van der Waals surface area (Å²) in [7, 11) is 0. The van der Waals surface area contributed by atoms with Crippen molar-refractivity contribution >= 4 is 17.3 Å². The Bertz CT molecular complexity index is 778. The van der Waals surface area contributed by atoms with Crippen molar-refractivity contribution < 1.29 is 19.4 Å². The van der Waals surface area contributed by atoms with E-state index in [1.165, 1.54) is 0 Å². The van der Waals surface area contributed by atoms with Gasteiger partial charge in [-0.05, 0) is 26.8 Å². The molecule has 1 aromatic carbocycles. The third-order valence-electron chi connectivity index (χ3n) is 3.66. The number of non-ortho nitro benzene ring substituents is 2. The Morgan fingerprint density at radius 3 is 2.07 bits per heavy atom. The van der Waals surface area contributed by atoms with Crippen molar-refractivity contribution in [1.82, 2.24) is 0 Å². The number of ether oxygens (including phenoxy) is 1. The molecule has 2 atom stereocenters. The highest BCUT2D eigenvalue weighted by Gasteiger charge is 2.23. The minimum atomic E-state index is -0.867. The Labute approximate surface area is 157 Å². The average molecular weight is 374 g/mol. The zero-order valence-corrected chi connectivity index (χ0v) is 15.6. The highest BCUT2D eigenvalue weighted by Crippen LogP contribution is 2.24. The second-order valence-corrected chi connectivity index (χ2v) is 5.92. The summed E-state index contributed by atoms with van der Waals surface area (Å²) >= 11 is 0. The highest BCUT2D eigenvalue weighted by atomic mass is 16.6. The summed E-state index contributed by atoms with van der Waals surface area (Å²) in [6, 6.07) is 2.73. The average Bonchev–Trinajstić information content (AvgIpc) is 2.60. The molecule has 0 amide bonds. The first-order chi connectivity index (χ1) is 12.7. The lowest BCUT2D eigenvalue weighted by molar-refractivity contribution is -0.394. The Hall–Kier alpha value is -3.29. The first-order valence-electron chi connectivity index (χ1n) is 8.28. The number of carbonyl (C=O) groups is 1. The van der Waals surface area contributed by atoms with Crippen LogP contribution in [-0.2, 0) is 4.74 Å². The van der Waals surface area contributed by atoms with Crippen LogP contribution >= 0.6 is 0 Å². The molecule has 1 rings (SSSR count). The van der Waals surface area contributed by atoms with Crippen molar-refractivity contribution in [3.05, 3.63) is 79.9 Å². The zero-order chi connectivity index (χ0) is 20.6. The third-order valence-corrected chi connectivity index (χ3v) is 3.66. The molecule has 0 radical (unpaired) electrons. The van der Waals surface area contributed by atoms with Crippen LogP contribution in [0.2, 0.25) is 0 Å². The van der Waals surface area contributed by atoms with E-state index >= 15 is 0 Å². The lowest BCUT2D eigenvalue weighted by Gasteiger charge is -2.19. The van der Waals surface area contributed by atoms with Gasteiger partial charge in [-0.1, -0.05) is 36.8 Å². The molecule has 0 saturated heterocycles. The summed E-state index contributed by atoms with van der Waals surface area (Å²) in [6.45, 7) is 7.44. The number of esters is 1. The molecule has 0 aliphatic heterocycles. The smallest absolute Gasteiger partial charge is 0.339 e. The van der Waals surface area contributed by atoms with Gasteiger partial charge in [0.2, 0.25) is 0 Å². The number of nitrogens with zero attached hydrogens (tertiary/aromatic N) is 2. The number of rotatable bonds is 8. The van der Waals surface area contributed by atoms with E-state index in [2.05, 4.69) is 0 Å². The van der Waals surface area contributed by atoms with Crippen LogP contribution in [0.15, 0.2) is 54.2 Å². The Balaban J connectivity index is 3.17. The van der Waals surface area contributed by atoms with Gasteiger partial charge in [0.15, 0.2) is 0 Å². The van der Waals surface area contributed by atoms with E-state index in [0.717, 1.165) is 23.8 Å². The minimum absolute atomic E-state index is 0.171. The molecule has 0 aromatic heterocycles. The molecule has 0 spiro atoms. The normalized spacial score (nSPS) is 14.3. The number of nitro benzene ring substituents is 2. The quantitative estimate of drug-likeness (QED) is 0.213. The predicted molar refractivity (Wildman–Crippen MR) is 102 cm³/mol. The van der Waals surface area contributed by atoms with Gasteiger partial charge in [-0.15, -0.1) is 0 Å². The zero-order valence-electron chi connectivity index (χ0n) is 15.6.